The fourth-order valence-corrected chi connectivity index (χ4v) is 2.73. The zero-order chi connectivity index (χ0) is 14.5. The summed E-state index contributed by atoms with van der Waals surface area (Å²) in [7, 11) is 0. The summed E-state index contributed by atoms with van der Waals surface area (Å²) in [6.07, 6.45) is 2.33. The number of nitrogens with zero attached hydrogens (tertiary/aromatic N) is 1. The van der Waals surface area contributed by atoms with Crippen molar-refractivity contribution in [3.63, 3.8) is 0 Å². The molecule has 2 aromatic rings. The molecule has 0 aliphatic rings. The zero-order valence-electron chi connectivity index (χ0n) is 12.1. The second kappa shape index (κ2) is 6.70. The lowest BCUT2D eigenvalue weighted by atomic mass is 10.2. The summed E-state index contributed by atoms with van der Waals surface area (Å²) in [4.78, 5) is 17.4. The summed E-state index contributed by atoms with van der Waals surface area (Å²) in [5, 5.41) is 4.96. The molecule has 1 atom stereocenters. The molecule has 108 valence electrons. The van der Waals surface area contributed by atoms with Crippen molar-refractivity contribution in [3.8, 4) is 10.8 Å². The molecule has 2 rings (SSSR count). The van der Waals surface area contributed by atoms with Crippen molar-refractivity contribution in [2.24, 2.45) is 0 Å². The highest BCUT2D eigenvalue weighted by Crippen LogP contribution is 2.26. The van der Waals surface area contributed by atoms with E-state index in [1.165, 1.54) is 0 Å². The summed E-state index contributed by atoms with van der Waals surface area (Å²) in [6.45, 7) is 5.98. The van der Waals surface area contributed by atoms with Crippen molar-refractivity contribution in [1.82, 2.24) is 10.3 Å². The Morgan fingerprint density at radius 1 is 1.55 bits per heavy atom. The number of hydrogen-bond donors (Lipinski definition) is 1. The Morgan fingerprint density at radius 2 is 2.35 bits per heavy atom. The van der Waals surface area contributed by atoms with Crippen LogP contribution in [0.3, 0.4) is 0 Å². The molecule has 4 nitrogen and oxygen atoms in total. The SMILES string of the molecule is CCCC(C)NC(=O)Cc1nc(-c2cccs2)oc1C. The third kappa shape index (κ3) is 3.70. The maximum absolute atomic E-state index is 12.0. The highest BCUT2D eigenvalue weighted by molar-refractivity contribution is 7.13. The molecule has 1 unspecified atom stereocenters. The molecule has 0 saturated carbocycles. The van der Waals surface area contributed by atoms with Gasteiger partial charge in [-0.05, 0) is 31.7 Å². The van der Waals surface area contributed by atoms with Crippen LogP contribution in [0.25, 0.3) is 10.8 Å². The number of carbonyl (C=O) groups is 1. The highest BCUT2D eigenvalue weighted by atomic mass is 32.1. The summed E-state index contributed by atoms with van der Waals surface area (Å²) >= 11 is 1.58. The van der Waals surface area contributed by atoms with Crippen molar-refractivity contribution < 1.29 is 9.21 Å². The topological polar surface area (TPSA) is 55.1 Å². The minimum atomic E-state index is 0.0000737. The van der Waals surface area contributed by atoms with E-state index in [9.17, 15) is 4.79 Å². The Balaban J connectivity index is 2.01. The van der Waals surface area contributed by atoms with Crippen molar-refractivity contribution in [2.45, 2.75) is 46.1 Å². The van der Waals surface area contributed by atoms with Crippen LogP contribution in [0.5, 0.6) is 0 Å². The lowest BCUT2D eigenvalue weighted by molar-refractivity contribution is -0.121. The average molecular weight is 292 g/mol. The van der Waals surface area contributed by atoms with Gasteiger partial charge in [0.25, 0.3) is 0 Å². The molecule has 2 aromatic heterocycles. The van der Waals surface area contributed by atoms with E-state index < -0.39 is 0 Å². The molecule has 0 aliphatic heterocycles. The van der Waals surface area contributed by atoms with Crippen LogP contribution >= 0.6 is 11.3 Å². The van der Waals surface area contributed by atoms with Crippen LogP contribution in [0.4, 0.5) is 0 Å². The molecule has 0 saturated heterocycles. The quantitative estimate of drug-likeness (QED) is 0.885. The zero-order valence-corrected chi connectivity index (χ0v) is 12.9. The van der Waals surface area contributed by atoms with Gasteiger partial charge in [-0.15, -0.1) is 11.3 Å². The summed E-state index contributed by atoms with van der Waals surface area (Å²) in [5.74, 6) is 1.31. The first kappa shape index (κ1) is 14.8. The number of nitrogens with one attached hydrogen (secondary N) is 1. The summed E-state index contributed by atoms with van der Waals surface area (Å²) in [5.41, 5.74) is 0.717. The van der Waals surface area contributed by atoms with Crippen molar-refractivity contribution in [3.05, 3.63) is 29.0 Å². The molecule has 20 heavy (non-hydrogen) atoms. The van der Waals surface area contributed by atoms with Crippen molar-refractivity contribution in [1.29, 1.82) is 0 Å². The van der Waals surface area contributed by atoms with E-state index in [-0.39, 0.29) is 18.4 Å². The largest absolute Gasteiger partial charge is 0.440 e. The van der Waals surface area contributed by atoms with E-state index in [4.69, 9.17) is 4.42 Å². The van der Waals surface area contributed by atoms with E-state index in [2.05, 4.69) is 17.2 Å². The Hall–Kier alpha value is -1.62. The molecule has 0 radical (unpaired) electrons. The van der Waals surface area contributed by atoms with E-state index in [1.807, 2.05) is 31.4 Å². The predicted octanol–water partition coefficient (Wildman–Crippen LogP) is 3.56. The molecule has 0 bridgehead atoms. The molecular formula is C15H20N2O2S. The number of hydrogen-bond acceptors (Lipinski definition) is 4. The number of thiophene rings is 1. The van der Waals surface area contributed by atoms with Crippen LogP contribution in [-0.4, -0.2) is 16.9 Å². The fraction of sp³-hybridized carbons (Fsp3) is 0.467. The fourth-order valence-electron chi connectivity index (χ4n) is 2.08. The van der Waals surface area contributed by atoms with Crippen molar-refractivity contribution in [2.75, 3.05) is 0 Å². The van der Waals surface area contributed by atoms with Crippen LogP contribution in [0, 0.1) is 6.92 Å². The lowest BCUT2D eigenvalue weighted by Crippen LogP contribution is -2.33. The van der Waals surface area contributed by atoms with Crippen LogP contribution < -0.4 is 5.32 Å². The molecule has 1 amide bonds. The van der Waals surface area contributed by atoms with Crippen LogP contribution in [-0.2, 0) is 11.2 Å². The van der Waals surface area contributed by atoms with Crippen LogP contribution in [0.1, 0.15) is 38.1 Å². The average Bonchev–Trinajstić information content (AvgIpc) is 3.00. The van der Waals surface area contributed by atoms with Gasteiger partial charge in [0, 0.05) is 6.04 Å². The van der Waals surface area contributed by atoms with Gasteiger partial charge in [0.15, 0.2) is 0 Å². The minimum absolute atomic E-state index is 0.0000737. The molecule has 0 aromatic carbocycles. The van der Waals surface area contributed by atoms with E-state index in [0.29, 0.717) is 11.7 Å². The molecule has 0 spiro atoms. The molecule has 0 fully saturated rings. The number of carbonyl (C=O) groups excluding carboxylic acids is 1. The number of aryl methyl sites for hydroxylation is 1. The second-order valence-corrected chi connectivity index (χ2v) is 5.88. The van der Waals surface area contributed by atoms with Gasteiger partial charge < -0.3 is 9.73 Å². The van der Waals surface area contributed by atoms with E-state index >= 15 is 0 Å². The summed E-state index contributed by atoms with van der Waals surface area (Å²) < 4.78 is 5.63. The van der Waals surface area contributed by atoms with Crippen LogP contribution in [0.2, 0.25) is 0 Å². The first-order valence-corrected chi connectivity index (χ1v) is 7.77. The predicted molar refractivity (Wildman–Crippen MR) is 80.8 cm³/mol. The summed E-state index contributed by atoms with van der Waals surface area (Å²) in [6, 6.07) is 4.12. The standard InChI is InChI=1S/C15H20N2O2S/c1-4-6-10(2)16-14(18)9-12-11(3)19-15(17-12)13-7-5-8-20-13/h5,7-8,10H,4,6,9H2,1-3H3,(H,16,18). The van der Waals surface area contributed by atoms with Gasteiger partial charge in [0.2, 0.25) is 11.8 Å². The monoisotopic (exact) mass is 292 g/mol. The third-order valence-electron chi connectivity index (χ3n) is 3.08. The van der Waals surface area contributed by atoms with Gasteiger partial charge in [-0.1, -0.05) is 19.4 Å². The van der Waals surface area contributed by atoms with Crippen molar-refractivity contribution >= 4 is 17.2 Å². The molecule has 0 aliphatic carbocycles. The first-order chi connectivity index (χ1) is 9.60. The number of oxazole rings is 1. The number of amides is 1. The van der Waals surface area contributed by atoms with Gasteiger partial charge in [-0.25, -0.2) is 4.98 Å². The van der Waals surface area contributed by atoms with Gasteiger partial charge in [0.05, 0.1) is 17.0 Å². The molecule has 2 heterocycles. The minimum Gasteiger partial charge on any atom is -0.440 e. The Labute approximate surface area is 123 Å². The van der Waals surface area contributed by atoms with Gasteiger partial charge >= 0.3 is 0 Å². The highest BCUT2D eigenvalue weighted by Gasteiger charge is 2.16. The van der Waals surface area contributed by atoms with Gasteiger partial charge in [-0.2, -0.15) is 0 Å². The maximum Gasteiger partial charge on any atom is 0.236 e. The first-order valence-electron chi connectivity index (χ1n) is 6.89. The Bertz CT molecular complexity index is 560. The molecule has 5 heteroatoms. The Morgan fingerprint density at radius 3 is 3.00 bits per heavy atom. The van der Waals surface area contributed by atoms with Crippen LogP contribution in [0.15, 0.2) is 21.9 Å². The number of rotatable bonds is 6. The molecule has 1 N–H and O–H groups in total. The normalized spacial score (nSPS) is 12.3. The van der Waals surface area contributed by atoms with E-state index in [0.717, 1.165) is 23.4 Å². The van der Waals surface area contributed by atoms with Gasteiger partial charge in [0.1, 0.15) is 5.76 Å². The van der Waals surface area contributed by atoms with Gasteiger partial charge in [-0.3, -0.25) is 4.79 Å². The maximum atomic E-state index is 12.0. The molecular weight excluding hydrogens is 272 g/mol. The number of aromatic nitrogens is 1. The van der Waals surface area contributed by atoms with E-state index in [1.54, 1.807) is 11.3 Å². The Kier molecular flexibility index (Phi) is 4.95. The smallest absolute Gasteiger partial charge is 0.236 e. The lowest BCUT2D eigenvalue weighted by Gasteiger charge is -2.11. The third-order valence-corrected chi connectivity index (χ3v) is 3.94. The second-order valence-electron chi connectivity index (χ2n) is 4.93.